The number of aromatic nitrogens is 3. The van der Waals surface area contributed by atoms with Crippen LogP contribution in [0.5, 0.6) is 0 Å². The van der Waals surface area contributed by atoms with Crippen LogP contribution in [0, 0.1) is 26.6 Å². The summed E-state index contributed by atoms with van der Waals surface area (Å²) < 4.78 is 18.1. The molecule has 150 valence electrons. The van der Waals surface area contributed by atoms with Gasteiger partial charge in [-0.25, -0.2) is 9.18 Å². The summed E-state index contributed by atoms with van der Waals surface area (Å²) in [5, 5.41) is 10.9. The van der Waals surface area contributed by atoms with Gasteiger partial charge < -0.3 is 10.1 Å². The summed E-state index contributed by atoms with van der Waals surface area (Å²) >= 11 is 5.85. The van der Waals surface area contributed by atoms with E-state index in [4.69, 9.17) is 16.3 Å². The van der Waals surface area contributed by atoms with Crippen LogP contribution < -0.4 is 5.32 Å². The molecule has 1 amide bonds. The van der Waals surface area contributed by atoms with E-state index in [1.807, 2.05) is 32.0 Å². The monoisotopic (exact) mass is 416 g/mol. The highest BCUT2D eigenvalue weighted by Gasteiger charge is 2.20. The summed E-state index contributed by atoms with van der Waals surface area (Å²) in [4.78, 5) is 25.7. The lowest BCUT2D eigenvalue weighted by Gasteiger charge is -2.07. The molecule has 2 aromatic carbocycles. The fourth-order valence-electron chi connectivity index (χ4n) is 2.68. The molecule has 3 rings (SSSR count). The molecule has 0 fully saturated rings. The predicted molar refractivity (Wildman–Crippen MR) is 106 cm³/mol. The van der Waals surface area contributed by atoms with Gasteiger partial charge in [-0.2, -0.15) is 9.90 Å². The predicted octanol–water partition coefficient (Wildman–Crippen LogP) is 3.78. The summed E-state index contributed by atoms with van der Waals surface area (Å²) in [6.07, 6.45) is 0. The van der Waals surface area contributed by atoms with Crippen molar-refractivity contribution in [1.82, 2.24) is 15.0 Å². The first-order chi connectivity index (χ1) is 13.7. The normalized spacial score (nSPS) is 10.7. The molecule has 0 spiro atoms. The molecule has 7 nitrogen and oxygen atoms in total. The molecule has 1 heterocycles. The van der Waals surface area contributed by atoms with Crippen molar-refractivity contribution in [1.29, 1.82) is 0 Å². The Morgan fingerprint density at radius 2 is 1.90 bits per heavy atom. The third-order valence-corrected chi connectivity index (χ3v) is 4.40. The van der Waals surface area contributed by atoms with Crippen LogP contribution in [0.1, 0.15) is 27.3 Å². The Bertz CT molecular complexity index is 1100. The van der Waals surface area contributed by atoms with Gasteiger partial charge in [0.1, 0.15) is 5.82 Å². The summed E-state index contributed by atoms with van der Waals surface area (Å²) in [5.41, 5.74) is 3.39. The largest absolute Gasteiger partial charge is 0.451 e. The number of nitrogens with one attached hydrogen (secondary N) is 1. The van der Waals surface area contributed by atoms with E-state index in [0.29, 0.717) is 5.69 Å². The van der Waals surface area contributed by atoms with Crippen molar-refractivity contribution >= 4 is 29.2 Å². The first-order valence-electron chi connectivity index (χ1n) is 8.68. The first kappa shape index (κ1) is 20.5. The molecular weight excluding hydrogens is 399 g/mol. The minimum atomic E-state index is -0.779. The summed E-state index contributed by atoms with van der Waals surface area (Å²) in [5.74, 6) is -1.92. The van der Waals surface area contributed by atoms with E-state index >= 15 is 0 Å². The van der Waals surface area contributed by atoms with Crippen molar-refractivity contribution in [2.45, 2.75) is 20.8 Å². The van der Waals surface area contributed by atoms with Gasteiger partial charge in [-0.1, -0.05) is 29.3 Å². The second-order valence-corrected chi connectivity index (χ2v) is 6.87. The van der Waals surface area contributed by atoms with Crippen molar-refractivity contribution in [3.63, 3.8) is 0 Å². The second kappa shape index (κ2) is 8.40. The van der Waals surface area contributed by atoms with Gasteiger partial charge in [0.05, 0.1) is 22.1 Å². The standard InChI is InChI=1S/C20H18ClFN4O3/c1-11-4-7-17(12(2)8-11)26-24-13(3)19(25-26)20(28)29-10-18(27)23-16-6-5-14(22)9-15(16)21/h4-9H,10H2,1-3H3,(H,23,27). The lowest BCUT2D eigenvalue weighted by molar-refractivity contribution is -0.119. The van der Waals surface area contributed by atoms with E-state index in [-0.39, 0.29) is 16.4 Å². The lowest BCUT2D eigenvalue weighted by Crippen LogP contribution is -2.21. The van der Waals surface area contributed by atoms with E-state index < -0.39 is 24.3 Å². The molecule has 0 saturated carbocycles. The molecule has 3 aromatic rings. The number of aryl methyl sites for hydroxylation is 3. The highest BCUT2D eigenvalue weighted by atomic mass is 35.5. The van der Waals surface area contributed by atoms with Crippen molar-refractivity contribution in [2.75, 3.05) is 11.9 Å². The van der Waals surface area contributed by atoms with Gasteiger partial charge in [0, 0.05) is 0 Å². The first-order valence-corrected chi connectivity index (χ1v) is 9.06. The van der Waals surface area contributed by atoms with Crippen molar-refractivity contribution < 1.29 is 18.7 Å². The van der Waals surface area contributed by atoms with E-state index in [1.54, 1.807) is 6.92 Å². The van der Waals surface area contributed by atoms with Gasteiger partial charge in [-0.05, 0) is 50.6 Å². The second-order valence-electron chi connectivity index (χ2n) is 6.46. The fraction of sp³-hybridized carbons (Fsp3) is 0.200. The Balaban J connectivity index is 1.66. The van der Waals surface area contributed by atoms with Gasteiger partial charge in [0.2, 0.25) is 0 Å². The maximum absolute atomic E-state index is 13.1. The quantitative estimate of drug-likeness (QED) is 0.639. The molecule has 0 aliphatic rings. The van der Waals surface area contributed by atoms with E-state index in [2.05, 4.69) is 15.5 Å². The number of ether oxygens (including phenoxy) is 1. The Morgan fingerprint density at radius 1 is 1.14 bits per heavy atom. The molecule has 1 N–H and O–H groups in total. The van der Waals surface area contributed by atoms with E-state index in [9.17, 15) is 14.0 Å². The van der Waals surface area contributed by atoms with Gasteiger partial charge in [-0.3, -0.25) is 4.79 Å². The Labute approximate surface area is 171 Å². The number of rotatable bonds is 5. The van der Waals surface area contributed by atoms with Crippen molar-refractivity contribution in [3.05, 3.63) is 69.8 Å². The maximum atomic E-state index is 13.1. The summed E-state index contributed by atoms with van der Waals surface area (Å²) in [7, 11) is 0. The average molecular weight is 417 g/mol. The number of esters is 1. The van der Waals surface area contributed by atoms with Crippen LogP contribution in [0.25, 0.3) is 5.69 Å². The molecular formula is C20H18ClFN4O3. The molecule has 29 heavy (non-hydrogen) atoms. The number of halogens is 2. The number of carbonyl (C=O) groups excluding carboxylic acids is 2. The molecule has 0 atom stereocenters. The minimum Gasteiger partial charge on any atom is -0.451 e. The van der Waals surface area contributed by atoms with E-state index in [1.165, 1.54) is 10.9 Å². The van der Waals surface area contributed by atoms with Crippen LogP contribution in [0.15, 0.2) is 36.4 Å². The number of nitrogens with zero attached hydrogens (tertiary/aromatic N) is 3. The van der Waals surface area contributed by atoms with Gasteiger partial charge >= 0.3 is 5.97 Å². The molecule has 0 saturated heterocycles. The Morgan fingerprint density at radius 3 is 2.59 bits per heavy atom. The van der Waals surface area contributed by atoms with Gasteiger partial charge in [-0.15, -0.1) is 5.10 Å². The number of hydrogen-bond acceptors (Lipinski definition) is 5. The number of anilines is 1. The highest BCUT2D eigenvalue weighted by Crippen LogP contribution is 2.22. The zero-order valence-electron chi connectivity index (χ0n) is 16.0. The van der Waals surface area contributed by atoms with Gasteiger partial charge in [0.15, 0.2) is 12.3 Å². The maximum Gasteiger partial charge on any atom is 0.361 e. The third kappa shape index (κ3) is 4.78. The number of hydrogen-bond donors (Lipinski definition) is 1. The zero-order chi connectivity index (χ0) is 21.1. The molecule has 0 aliphatic heterocycles. The lowest BCUT2D eigenvalue weighted by atomic mass is 10.1. The van der Waals surface area contributed by atoms with Crippen molar-refractivity contribution in [3.8, 4) is 5.69 Å². The molecule has 0 bridgehead atoms. The number of amides is 1. The van der Waals surface area contributed by atoms with Crippen LogP contribution >= 0.6 is 11.6 Å². The Hall–Kier alpha value is -3.26. The average Bonchev–Trinajstić information content (AvgIpc) is 3.03. The minimum absolute atomic E-state index is 0.0117. The van der Waals surface area contributed by atoms with Crippen LogP contribution in [0.2, 0.25) is 5.02 Å². The number of benzene rings is 2. The highest BCUT2D eigenvalue weighted by molar-refractivity contribution is 6.33. The van der Waals surface area contributed by atoms with Crippen LogP contribution in [0.3, 0.4) is 0 Å². The molecule has 1 aromatic heterocycles. The van der Waals surface area contributed by atoms with Crippen molar-refractivity contribution in [2.24, 2.45) is 0 Å². The smallest absolute Gasteiger partial charge is 0.361 e. The summed E-state index contributed by atoms with van der Waals surface area (Å²) in [6, 6.07) is 9.30. The molecule has 0 radical (unpaired) electrons. The molecule has 0 aliphatic carbocycles. The third-order valence-electron chi connectivity index (χ3n) is 4.08. The van der Waals surface area contributed by atoms with Crippen LogP contribution in [-0.4, -0.2) is 33.5 Å². The SMILES string of the molecule is Cc1ccc(-n2nc(C)c(C(=O)OCC(=O)Nc3ccc(F)cc3Cl)n2)c(C)c1. The van der Waals surface area contributed by atoms with Crippen LogP contribution in [-0.2, 0) is 9.53 Å². The molecule has 0 unspecified atom stereocenters. The molecule has 9 heteroatoms. The zero-order valence-corrected chi connectivity index (χ0v) is 16.7. The van der Waals surface area contributed by atoms with E-state index in [0.717, 1.165) is 28.9 Å². The van der Waals surface area contributed by atoms with Crippen LogP contribution in [0.4, 0.5) is 10.1 Å². The number of carbonyl (C=O) groups is 2. The topological polar surface area (TPSA) is 86.1 Å². The summed E-state index contributed by atoms with van der Waals surface area (Å²) in [6.45, 7) is 4.97. The van der Waals surface area contributed by atoms with Gasteiger partial charge in [0.25, 0.3) is 5.91 Å². The fourth-order valence-corrected chi connectivity index (χ4v) is 2.90. The Kier molecular flexibility index (Phi) is 5.93.